The summed E-state index contributed by atoms with van der Waals surface area (Å²) >= 11 is 0. The van der Waals surface area contributed by atoms with Gasteiger partial charge in [0.2, 0.25) is 5.91 Å². The number of aliphatic imine (C=N–C) groups is 1. The van der Waals surface area contributed by atoms with E-state index in [1.54, 1.807) is 12.1 Å². The Bertz CT molecular complexity index is 1610. The number of nitrogens with two attached hydrogens (primary N) is 3. The van der Waals surface area contributed by atoms with Gasteiger partial charge in [-0.15, -0.1) is 0 Å². The number of likely N-dealkylation sites (N-methyl/N-ethyl adjacent to an activating group) is 1. The first kappa shape index (κ1) is 29.6. The Hall–Kier alpha value is -4.90. The van der Waals surface area contributed by atoms with Crippen LogP contribution in [0.1, 0.15) is 35.7 Å². The van der Waals surface area contributed by atoms with Crippen molar-refractivity contribution in [2.45, 2.75) is 25.3 Å². The second kappa shape index (κ2) is 13.4. The molecular weight excluding hydrogens is 544 g/mol. The zero-order valence-electron chi connectivity index (χ0n) is 24.4. The van der Waals surface area contributed by atoms with Gasteiger partial charge in [-0.2, -0.15) is 0 Å². The van der Waals surface area contributed by atoms with Crippen LogP contribution in [-0.4, -0.2) is 76.9 Å². The van der Waals surface area contributed by atoms with Crippen LogP contribution in [0.15, 0.2) is 77.8 Å². The molecule has 1 atom stereocenters. The Labute approximate surface area is 250 Å². The van der Waals surface area contributed by atoms with Crippen molar-refractivity contribution in [1.82, 2.24) is 19.4 Å². The number of primary amides is 1. The van der Waals surface area contributed by atoms with Gasteiger partial charge in [0.15, 0.2) is 5.96 Å². The molecule has 1 fully saturated rings. The molecule has 4 aromatic rings. The topological polar surface area (TPSA) is 158 Å². The van der Waals surface area contributed by atoms with E-state index in [0.29, 0.717) is 66.4 Å². The molecular formula is C32H38N8O3. The number of nitrogens with zero attached hydrogens (tertiary/aromatic N) is 5. The number of para-hydroxylation sites is 1. The van der Waals surface area contributed by atoms with Crippen LogP contribution >= 0.6 is 0 Å². The van der Waals surface area contributed by atoms with Gasteiger partial charge in [-0.05, 0) is 75.3 Å². The summed E-state index contributed by atoms with van der Waals surface area (Å²) in [6.45, 7) is 3.52. The highest BCUT2D eigenvalue weighted by Gasteiger charge is 2.26. The standard InChI is InChI=1S/C32H38N8O3/c1-38-16-7-17-39(19-18-38)31(42)23-13-14-27-26(21-23)37-30(40(27)28(29(33)41)12-6-15-36-32(34)35)22-8-5-11-25(20-22)43-24-9-3-2-4-10-24/h2-5,8-11,13-14,20-21,28H,6-7,12,15-19H2,1H3,(H2,33,41)(H4,34,35,36). The summed E-state index contributed by atoms with van der Waals surface area (Å²) in [5.74, 6) is 1.32. The largest absolute Gasteiger partial charge is 0.457 e. The van der Waals surface area contributed by atoms with Crippen LogP contribution in [0.25, 0.3) is 22.4 Å². The van der Waals surface area contributed by atoms with E-state index in [1.165, 1.54) is 0 Å². The second-order valence-electron chi connectivity index (χ2n) is 10.8. The number of fused-ring (bicyclic) bond motifs is 1. The van der Waals surface area contributed by atoms with E-state index in [4.69, 9.17) is 26.9 Å². The molecule has 1 aliphatic heterocycles. The lowest BCUT2D eigenvalue weighted by atomic mass is 10.1. The average Bonchev–Trinajstić information content (AvgIpc) is 3.23. The lowest BCUT2D eigenvalue weighted by molar-refractivity contribution is -0.121. The fourth-order valence-corrected chi connectivity index (χ4v) is 5.40. The van der Waals surface area contributed by atoms with Crippen LogP contribution in [-0.2, 0) is 4.79 Å². The van der Waals surface area contributed by atoms with Gasteiger partial charge >= 0.3 is 0 Å². The van der Waals surface area contributed by atoms with Crippen LogP contribution in [0.5, 0.6) is 11.5 Å². The predicted octanol–water partition coefficient (Wildman–Crippen LogP) is 3.35. The van der Waals surface area contributed by atoms with Gasteiger partial charge in [-0.25, -0.2) is 4.98 Å². The summed E-state index contributed by atoms with van der Waals surface area (Å²) in [5, 5.41) is 0. The molecule has 1 aliphatic rings. The molecule has 43 heavy (non-hydrogen) atoms. The number of benzene rings is 3. The number of guanidine groups is 1. The van der Waals surface area contributed by atoms with E-state index >= 15 is 0 Å². The Kier molecular flexibility index (Phi) is 9.21. The zero-order chi connectivity index (χ0) is 30.3. The van der Waals surface area contributed by atoms with Gasteiger partial charge in [0.1, 0.15) is 23.4 Å². The molecule has 6 N–H and O–H groups in total. The SMILES string of the molecule is CN1CCCN(C(=O)c2ccc3c(c2)nc(-c2cccc(Oc4ccccc4)c2)n3C(CCCN=C(N)N)C(N)=O)CC1. The number of amides is 2. The molecule has 2 amide bonds. The molecule has 2 heterocycles. The summed E-state index contributed by atoms with van der Waals surface area (Å²) < 4.78 is 7.93. The van der Waals surface area contributed by atoms with Gasteiger partial charge in [0, 0.05) is 37.3 Å². The van der Waals surface area contributed by atoms with E-state index in [-0.39, 0.29) is 11.9 Å². The summed E-state index contributed by atoms with van der Waals surface area (Å²) in [4.78, 5) is 39.5. The molecule has 5 rings (SSSR count). The third kappa shape index (κ3) is 7.12. The van der Waals surface area contributed by atoms with E-state index in [9.17, 15) is 9.59 Å². The molecule has 11 heteroatoms. The van der Waals surface area contributed by atoms with Gasteiger partial charge in [0.25, 0.3) is 5.91 Å². The van der Waals surface area contributed by atoms with Crippen molar-refractivity contribution in [3.63, 3.8) is 0 Å². The molecule has 0 saturated carbocycles. The Morgan fingerprint density at radius 1 is 0.930 bits per heavy atom. The molecule has 1 saturated heterocycles. The van der Waals surface area contributed by atoms with Gasteiger partial charge < -0.3 is 36.3 Å². The number of carbonyl (C=O) groups is 2. The minimum Gasteiger partial charge on any atom is -0.457 e. The summed E-state index contributed by atoms with van der Waals surface area (Å²) in [7, 11) is 2.07. The van der Waals surface area contributed by atoms with Crippen molar-refractivity contribution in [2.24, 2.45) is 22.2 Å². The predicted molar refractivity (Wildman–Crippen MR) is 168 cm³/mol. The highest BCUT2D eigenvalue weighted by molar-refractivity contribution is 5.98. The van der Waals surface area contributed by atoms with Crippen LogP contribution in [0.4, 0.5) is 0 Å². The average molecular weight is 583 g/mol. The first-order valence-corrected chi connectivity index (χ1v) is 14.5. The van der Waals surface area contributed by atoms with E-state index in [0.717, 1.165) is 25.1 Å². The molecule has 0 bridgehead atoms. The molecule has 11 nitrogen and oxygen atoms in total. The highest BCUT2D eigenvalue weighted by atomic mass is 16.5. The van der Waals surface area contributed by atoms with Gasteiger partial charge in [-0.1, -0.05) is 30.3 Å². The van der Waals surface area contributed by atoms with E-state index in [1.807, 2.05) is 70.1 Å². The molecule has 0 spiro atoms. The molecule has 3 aromatic carbocycles. The summed E-state index contributed by atoms with van der Waals surface area (Å²) in [6.07, 6.45) is 1.85. The van der Waals surface area contributed by atoms with Crippen molar-refractivity contribution in [3.05, 3.63) is 78.4 Å². The number of ether oxygens (including phenoxy) is 1. The first-order valence-electron chi connectivity index (χ1n) is 14.5. The zero-order valence-corrected chi connectivity index (χ0v) is 24.4. The third-order valence-electron chi connectivity index (χ3n) is 7.58. The number of hydrogen-bond acceptors (Lipinski definition) is 6. The molecule has 1 unspecified atom stereocenters. The number of carbonyl (C=O) groups excluding carboxylic acids is 2. The maximum absolute atomic E-state index is 13.5. The maximum atomic E-state index is 13.5. The number of imidazole rings is 1. The first-order chi connectivity index (χ1) is 20.8. The van der Waals surface area contributed by atoms with Crippen LogP contribution < -0.4 is 21.9 Å². The summed E-state index contributed by atoms with van der Waals surface area (Å²) in [6, 6.07) is 21.7. The minimum atomic E-state index is -0.726. The third-order valence-corrected chi connectivity index (χ3v) is 7.58. The monoisotopic (exact) mass is 582 g/mol. The fourth-order valence-electron chi connectivity index (χ4n) is 5.40. The molecule has 0 radical (unpaired) electrons. The number of aromatic nitrogens is 2. The lowest BCUT2D eigenvalue weighted by Gasteiger charge is -2.21. The van der Waals surface area contributed by atoms with Crippen LogP contribution in [0.2, 0.25) is 0 Å². The van der Waals surface area contributed by atoms with Crippen LogP contribution in [0.3, 0.4) is 0 Å². The van der Waals surface area contributed by atoms with Crippen molar-refractivity contribution >= 4 is 28.8 Å². The van der Waals surface area contributed by atoms with Crippen molar-refractivity contribution in [1.29, 1.82) is 0 Å². The van der Waals surface area contributed by atoms with E-state index in [2.05, 4.69) is 16.9 Å². The summed E-state index contributed by atoms with van der Waals surface area (Å²) in [5.41, 5.74) is 19.5. The fraction of sp³-hybridized carbons (Fsp3) is 0.312. The van der Waals surface area contributed by atoms with Gasteiger partial charge in [0.05, 0.1) is 11.0 Å². The van der Waals surface area contributed by atoms with Crippen molar-refractivity contribution in [3.8, 4) is 22.9 Å². The minimum absolute atomic E-state index is 0.00660. The lowest BCUT2D eigenvalue weighted by Crippen LogP contribution is -2.34. The Morgan fingerprint density at radius 2 is 1.72 bits per heavy atom. The molecule has 1 aromatic heterocycles. The quantitative estimate of drug-likeness (QED) is 0.147. The normalized spacial score (nSPS) is 14.7. The number of hydrogen-bond donors (Lipinski definition) is 3. The van der Waals surface area contributed by atoms with Crippen molar-refractivity contribution in [2.75, 3.05) is 39.8 Å². The van der Waals surface area contributed by atoms with Crippen molar-refractivity contribution < 1.29 is 14.3 Å². The smallest absolute Gasteiger partial charge is 0.253 e. The maximum Gasteiger partial charge on any atom is 0.253 e. The second-order valence-corrected chi connectivity index (χ2v) is 10.8. The number of rotatable bonds is 10. The van der Waals surface area contributed by atoms with Gasteiger partial charge in [-0.3, -0.25) is 14.6 Å². The van der Waals surface area contributed by atoms with Crippen LogP contribution in [0, 0.1) is 0 Å². The Morgan fingerprint density at radius 3 is 2.49 bits per heavy atom. The Balaban J connectivity index is 1.55. The molecule has 224 valence electrons. The van der Waals surface area contributed by atoms with E-state index < -0.39 is 11.9 Å². The highest BCUT2D eigenvalue weighted by Crippen LogP contribution is 2.33. The molecule has 0 aliphatic carbocycles.